The van der Waals surface area contributed by atoms with Crippen LogP contribution in [0.3, 0.4) is 0 Å². The summed E-state index contributed by atoms with van der Waals surface area (Å²) in [6.45, 7) is 0. The number of rotatable bonds is 3. The summed E-state index contributed by atoms with van der Waals surface area (Å²) in [6, 6.07) is 4.49. The highest BCUT2D eigenvalue weighted by atomic mass is 79.9. The molecule has 1 aromatic heterocycles. The number of halogens is 2. The first-order valence-corrected chi connectivity index (χ1v) is 5.96. The monoisotopic (exact) mass is 312 g/mol. The van der Waals surface area contributed by atoms with E-state index in [1.807, 2.05) is 0 Å². The van der Waals surface area contributed by atoms with Crippen molar-refractivity contribution in [2.24, 2.45) is 7.05 Å². The summed E-state index contributed by atoms with van der Waals surface area (Å²) in [5.41, 5.74) is 1.14. The Morgan fingerprint density at radius 1 is 1.56 bits per heavy atom. The van der Waals surface area contributed by atoms with Gasteiger partial charge in [-0.05, 0) is 18.2 Å². The molecule has 1 N–H and O–H groups in total. The Morgan fingerprint density at radius 2 is 2.28 bits per heavy atom. The zero-order chi connectivity index (χ0) is 13.3. The molecular formula is C12H10BrFN2O2. The molecule has 0 aliphatic heterocycles. The second-order valence-electron chi connectivity index (χ2n) is 3.87. The number of hydrogen-bond acceptors (Lipinski definition) is 2. The molecule has 0 amide bonds. The highest BCUT2D eigenvalue weighted by Gasteiger charge is 2.16. The molecule has 0 unspecified atom stereocenters. The van der Waals surface area contributed by atoms with Crippen molar-refractivity contribution in [1.29, 1.82) is 0 Å². The molecule has 0 aliphatic rings. The molecular weight excluding hydrogens is 303 g/mol. The van der Waals surface area contributed by atoms with Crippen LogP contribution in [-0.2, 0) is 18.3 Å². The average Bonchev–Trinajstić information content (AvgIpc) is 2.62. The van der Waals surface area contributed by atoms with Crippen molar-refractivity contribution in [3.8, 4) is 11.3 Å². The predicted octanol–water partition coefficient (Wildman–Crippen LogP) is 2.62. The van der Waals surface area contributed by atoms with E-state index in [4.69, 9.17) is 5.11 Å². The summed E-state index contributed by atoms with van der Waals surface area (Å²) in [4.78, 5) is 10.8. The highest BCUT2D eigenvalue weighted by molar-refractivity contribution is 9.10. The van der Waals surface area contributed by atoms with Crippen molar-refractivity contribution >= 4 is 21.9 Å². The second-order valence-corrected chi connectivity index (χ2v) is 4.79. The lowest BCUT2D eigenvalue weighted by Crippen LogP contribution is -2.00. The molecule has 4 nitrogen and oxygen atoms in total. The molecule has 1 heterocycles. The number of nitrogens with zero attached hydrogens (tertiary/aromatic N) is 2. The van der Waals surface area contributed by atoms with Gasteiger partial charge in [-0.3, -0.25) is 9.48 Å². The van der Waals surface area contributed by atoms with E-state index >= 15 is 0 Å². The first-order chi connectivity index (χ1) is 8.47. The number of aromatic nitrogens is 2. The fourth-order valence-corrected chi connectivity index (χ4v) is 2.10. The predicted molar refractivity (Wildman–Crippen MR) is 67.6 cm³/mol. The first-order valence-electron chi connectivity index (χ1n) is 5.17. The van der Waals surface area contributed by atoms with Gasteiger partial charge in [0, 0.05) is 28.8 Å². The van der Waals surface area contributed by atoms with Gasteiger partial charge in [0.1, 0.15) is 5.82 Å². The van der Waals surface area contributed by atoms with E-state index in [0.717, 1.165) is 0 Å². The van der Waals surface area contributed by atoms with Crippen LogP contribution >= 0.6 is 15.9 Å². The summed E-state index contributed by atoms with van der Waals surface area (Å²) in [5, 5.41) is 13.0. The molecule has 2 aromatic rings. The van der Waals surface area contributed by atoms with Gasteiger partial charge in [0.25, 0.3) is 0 Å². The first kappa shape index (κ1) is 12.8. The number of hydrogen-bond donors (Lipinski definition) is 1. The standard InChI is InChI=1S/C12H10BrFN2O2/c1-16-6-7(4-11(17)18)12(15-16)9-5-8(13)2-3-10(9)14/h2-3,5-6H,4H2,1H3,(H,17,18). The Hall–Kier alpha value is -1.69. The SMILES string of the molecule is Cn1cc(CC(=O)O)c(-c2cc(Br)ccc2F)n1. The topological polar surface area (TPSA) is 55.1 Å². The van der Waals surface area contributed by atoms with Crippen molar-refractivity contribution in [2.45, 2.75) is 6.42 Å². The van der Waals surface area contributed by atoms with E-state index in [9.17, 15) is 9.18 Å². The Labute approximate surface area is 111 Å². The van der Waals surface area contributed by atoms with Crippen LogP contribution in [0.4, 0.5) is 4.39 Å². The minimum Gasteiger partial charge on any atom is -0.481 e. The molecule has 6 heteroatoms. The molecule has 18 heavy (non-hydrogen) atoms. The highest BCUT2D eigenvalue weighted by Crippen LogP contribution is 2.28. The van der Waals surface area contributed by atoms with Crippen LogP contribution in [0, 0.1) is 5.82 Å². The van der Waals surface area contributed by atoms with Crippen LogP contribution in [0.1, 0.15) is 5.56 Å². The average molecular weight is 313 g/mol. The van der Waals surface area contributed by atoms with Crippen LogP contribution in [0.5, 0.6) is 0 Å². The largest absolute Gasteiger partial charge is 0.481 e. The molecule has 0 saturated heterocycles. The summed E-state index contributed by atoms with van der Waals surface area (Å²) in [6.07, 6.45) is 1.40. The Morgan fingerprint density at radius 3 is 2.94 bits per heavy atom. The second kappa shape index (κ2) is 4.89. The summed E-state index contributed by atoms with van der Waals surface area (Å²) in [5.74, 6) is -1.40. The third-order valence-corrected chi connectivity index (χ3v) is 2.92. The van der Waals surface area contributed by atoms with Crippen molar-refractivity contribution in [3.63, 3.8) is 0 Å². The Bertz CT molecular complexity index is 610. The maximum atomic E-state index is 13.8. The zero-order valence-corrected chi connectivity index (χ0v) is 11.1. The van der Waals surface area contributed by atoms with Gasteiger partial charge in [-0.25, -0.2) is 4.39 Å². The van der Waals surface area contributed by atoms with Gasteiger partial charge in [0.05, 0.1) is 12.1 Å². The number of carbonyl (C=O) groups is 1. The molecule has 2 rings (SSSR count). The number of aliphatic carboxylic acids is 1. The van der Waals surface area contributed by atoms with E-state index < -0.39 is 11.8 Å². The van der Waals surface area contributed by atoms with Crippen molar-refractivity contribution in [3.05, 3.63) is 40.2 Å². The molecule has 0 atom stereocenters. The minimum absolute atomic E-state index is 0.185. The van der Waals surface area contributed by atoms with Gasteiger partial charge in [0.2, 0.25) is 0 Å². The van der Waals surface area contributed by atoms with Gasteiger partial charge in [-0.2, -0.15) is 5.10 Å². The van der Waals surface area contributed by atoms with Crippen molar-refractivity contribution in [1.82, 2.24) is 9.78 Å². The van der Waals surface area contributed by atoms with Crippen LogP contribution in [0.25, 0.3) is 11.3 Å². The summed E-state index contributed by atoms with van der Waals surface area (Å²) >= 11 is 3.26. The van der Waals surface area contributed by atoms with Gasteiger partial charge in [-0.1, -0.05) is 15.9 Å². The maximum absolute atomic E-state index is 13.8. The summed E-state index contributed by atoms with van der Waals surface area (Å²) < 4.78 is 16.0. The van der Waals surface area contributed by atoms with Crippen LogP contribution < -0.4 is 0 Å². The van der Waals surface area contributed by atoms with Gasteiger partial charge < -0.3 is 5.11 Å². The Kier molecular flexibility index (Phi) is 3.47. The van der Waals surface area contributed by atoms with Gasteiger partial charge in [0.15, 0.2) is 0 Å². The smallest absolute Gasteiger partial charge is 0.307 e. The molecule has 1 aromatic carbocycles. The fourth-order valence-electron chi connectivity index (χ4n) is 1.74. The van der Waals surface area contributed by atoms with E-state index in [1.54, 1.807) is 25.4 Å². The minimum atomic E-state index is -0.973. The van der Waals surface area contributed by atoms with E-state index in [2.05, 4.69) is 21.0 Å². The molecule has 94 valence electrons. The van der Waals surface area contributed by atoms with Gasteiger partial charge in [-0.15, -0.1) is 0 Å². The van der Waals surface area contributed by atoms with E-state index in [-0.39, 0.29) is 6.42 Å². The van der Waals surface area contributed by atoms with E-state index in [0.29, 0.717) is 21.3 Å². The quantitative estimate of drug-likeness (QED) is 0.948. The number of carboxylic acid groups (broad SMARTS) is 1. The van der Waals surface area contributed by atoms with Crippen LogP contribution in [-0.4, -0.2) is 20.9 Å². The van der Waals surface area contributed by atoms with Gasteiger partial charge >= 0.3 is 5.97 Å². The molecule has 0 fully saturated rings. The van der Waals surface area contributed by atoms with Crippen LogP contribution in [0.2, 0.25) is 0 Å². The lowest BCUT2D eigenvalue weighted by Gasteiger charge is -2.03. The fraction of sp³-hybridized carbons (Fsp3) is 0.167. The number of benzene rings is 1. The molecule has 0 radical (unpaired) electrons. The third kappa shape index (κ3) is 2.59. The maximum Gasteiger partial charge on any atom is 0.307 e. The molecule has 0 saturated carbocycles. The van der Waals surface area contributed by atoms with E-state index in [1.165, 1.54) is 10.7 Å². The molecule has 0 spiro atoms. The van der Waals surface area contributed by atoms with Crippen LogP contribution in [0.15, 0.2) is 28.9 Å². The summed E-state index contributed by atoms with van der Waals surface area (Å²) in [7, 11) is 1.67. The number of aryl methyl sites for hydroxylation is 1. The lowest BCUT2D eigenvalue weighted by atomic mass is 10.1. The third-order valence-electron chi connectivity index (χ3n) is 2.43. The Balaban J connectivity index is 2.55. The lowest BCUT2D eigenvalue weighted by molar-refractivity contribution is -0.136. The van der Waals surface area contributed by atoms with Crippen molar-refractivity contribution < 1.29 is 14.3 Å². The zero-order valence-electron chi connectivity index (χ0n) is 9.52. The number of carboxylic acids is 1. The molecule has 0 aliphatic carbocycles. The normalized spacial score (nSPS) is 10.6. The molecule has 0 bridgehead atoms. The van der Waals surface area contributed by atoms with Crippen molar-refractivity contribution in [2.75, 3.05) is 0 Å².